The van der Waals surface area contributed by atoms with E-state index in [1.165, 1.54) is 0 Å². The molecular weight excluding hydrogens is 240 g/mol. The van der Waals surface area contributed by atoms with Crippen molar-refractivity contribution in [2.45, 2.75) is 18.8 Å². The molecule has 4 heteroatoms. The highest BCUT2D eigenvalue weighted by atomic mass is 16.5. The van der Waals surface area contributed by atoms with E-state index < -0.39 is 0 Å². The molecule has 19 heavy (non-hydrogen) atoms. The smallest absolute Gasteiger partial charge is 0.251 e. The monoisotopic (exact) mass is 256 g/mol. The number of aromatic amines is 1. The largest absolute Gasteiger partial charge is 0.381 e. The molecule has 2 heterocycles. The van der Waals surface area contributed by atoms with E-state index in [9.17, 15) is 4.79 Å². The molecular formula is C15H16N2O2. The molecule has 1 fully saturated rings. The summed E-state index contributed by atoms with van der Waals surface area (Å²) >= 11 is 0. The highest BCUT2D eigenvalue weighted by Crippen LogP contribution is 2.23. The number of rotatable bonds is 2. The molecule has 0 spiro atoms. The second kappa shape index (κ2) is 5.36. The van der Waals surface area contributed by atoms with Crippen molar-refractivity contribution in [3.05, 3.63) is 52.6 Å². The molecule has 0 bridgehead atoms. The van der Waals surface area contributed by atoms with E-state index >= 15 is 0 Å². The molecule has 1 aromatic heterocycles. The van der Waals surface area contributed by atoms with Gasteiger partial charge in [0.25, 0.3) is 5.56 Å². The topological polar surface area (TPSA) is 55.0 Å². The first kappa shape index (κ1) is 12.1. The van der Waals surface area contributed by atoms with Crippen LogP contribution >= 0.6 is 0 Å². The molecule has 4 nitrogen and oxygen atoms in total. The Hall–Kier alpha value is -1.94. The molecule has 98 valence electrons. The third-order valence-electron chi connectivity index (χ3n) is 3.38. The Balaban J connectivity index is 1.98. The fourth-order valence-electron chi connectivity index (χ4n) is 2.38. The van der Waals surface area contributed by atoms with Crippen LogP contribution in [0.5, 0.6) is 0 Å². The molecule has 1 atom stereocenters. The van der Waals surface area contributed by atoms with Gasteiger partial charge < -0.3 is 9.72 Å². The van der Waals surface area contributed by atoms with Gasteiger partial charge in [-0.25, -0.2) is 4.98 Å². The molecule has 0 saturated carbocycles. The molecule has 0 aliphatic carbocycles. The predicted octanol–water partition coefficient (Wildman–Crippen LogP) is 2.33. The standard InChI is InChI=1S/C15H16N2O2/c18-14-9-13(11-5-2-1-3-6-11)16-15(17-14)12-7-4-8-19-10-12/h1-3,5-6,9,12H,4,7-8,10H2,(H,16,17,18). The summed E-state index contributed by atoms with van der Waals surface area (Å²) in [5.74, 6) is 0.941. The van der Waals surface area contributed by atoms with Crippen LogP contribution in [0.4, 0.5) is 0 Å². The summed E-state index contributed by atoms with van der Waals surface area (Å²) in [7, 11) is 0. The fraction of sp³-hybridized carbons (Fsp3) is 0.333. The lowest BCUT2D eigenvalue weighted by Crippen LogP contribution is -2.21. The minimum absolute atomic E-state index is 0.102. The van der Waals surface area contributed by atoms with E-state index in [-0.39, 0.29) is 11.5 Å². The Kier molecular flexibility index (Phi) is 3.42. The molecule has 0 radical (unpaired) electrons. The highest BCUT2D eigenvalue weighted by Gasteiger charge is 2.19. The third kappa shape index (κ3) is 2.74. The zero-order valence-corrected chi connectivity index (χ0v) is 10.6. The van der Waals surface area contributed by atoms with Gasteiger partial charge in [-0.3, -0.25) is 4.79 Å². The minimum atomic E-state index is -0.102. The molecule has 2 aromatic rings. The number of hydrogen-bond donors (Lipinski definition) is 1. The first-order chi connectivity index (χ1) is 9.33. The van der Waals surface area contributed by atoms with Crippen LogP contribution in [0.1, 0.15) is 24.6 Å². The minimum Gasteiger partial charge on any atom is -0.381 e. The Morgan fingerprint density at radius 1 is 1.26 bits per heavy atom. The summed E-state index contributed by atoms with van der Waals surface area (Å²) in [4.78, 5) is 19.2. The van der Waals surface area contributed by atoms with Crippen LogP contribution in [0.2, 0.25) is 0 Å². The van der Waals surface area contributed by atoms with Crippen molar-refractivity contribution < 1.29 is 4.74 Å². The number of H-pyrrole nitrogens is 1. The van der Waals surface area contributed by atoms with Crippen LogP contribution in [-0.2, 0) is 4.74 Å². The van der Waals surface area contributed by atoms with Gasteiger partial charge in [0.05, 0.1) is 12.3 Å². The normalized spacial score (nSPS) is 19.3. The van der Waals surface area contributed by atoms with Gasteiger partial charge in [0.2, 0.25) is 0 Å². The van der Waals surface area contributed by atoms with Crippen LogP contribution < -0.4 is 5.56 Å². The van der Waals surface area contributed by atoms with E-state index in [1.807, 2.05) is 30.3 Å². The van der Waals surface area contributed by atoms with Crippen molar-refractivity contribution in [3.8, 4) is 11.3 Å². The molecule has 1 aromatic carbocycles. The van der Waals surface area contributed by atoms with Crippen molar-refractivity contribution in [2.24, 2.45) is 0 Å². The van der Waals surface area contributed by atoms with Gasteiger partial charge in [0.1, 0.15) is 5.82 Å². The van der Waals surface area contributed by atoms with E-state index in [0.717, 1.165) is 36.5 Å². The van der Waals surface area contributed by atoms with Gasteiger partial charge in [0.15, 0.2) is 0 Å². The van der Waals surface area contributed by atoms with Crippen LogP contribution in [-0.4, -0.2) is 23.2 Å². The maximum Gasteiger partial charge on any atom is 0.251 e. The van der Waals surface area contributed by atoms with Crippen LogP contribution in [0.15, 0.2) is 41.2 Å². The first-order valence-corrected chi connectivity index (χ1v) is 6.57. The molecule has 1 N–H and O–H groups in total. The van der Waals surface area contributed by atoms with E-state index in [4.69, 9.17) is 4.74 Å². The molecule has 1 unspecified atom stereocenters. The third-order valence-corrected chi connectivity index (χ3v) is 3.38. The zero-order chi connectivity index (χ0) is 13.1. The Bertz CT molecular complexity index is 601. The summed E-state index contributed by atoms with van der Waals surface area (Å²) in [5, 5.41) is 0. The van der Waals surface area contributed by atoms with E-state index in [2.05, 4.69) is 9.97 Å². The first-order valence-electron chi connectivity index (χ1n) is 6.57. The lowest BCUT2D eigenvalue weighted by molar-refractivity contribution is 0.0780. The van der Waals surface area contributed by atoms with Crippen molar-refractivity contribution in [1.82, 2.24) is 9.97 Å². The summed E-state index contributed by atoms with van der Waals surface area (Å²) in [6.07, 6.45) is 2.03. The summed E-state index contributed by atoms with van der Waals surface area (Å²) in [5.41, 5.74) is 1.59. The SMILES string of the molecule is O=c1cc(-c2ccccc2)nc(C2CCCOC2)[nH]1. The molecule has 1 aliphatic heterocycles. The second-order valence-corrected chi connectivity index (χ2v) is 4.80. The summed E-state index contributed by atoms with van der Waals surface area (Å²) in [6, 6.07) is 11.3. The summed E-state index contributed by atoms with van der Waals surface area (Å²) < 4.78 is 5.46. The maximum absolute atomic E-state index is 11.8. The maximum atomic E-state index is 11.8. The molecule has 1 saturated heterocycles. The van der Waals surface area contributed by atoms with Crippen LogP contribution in [0, 0.1) is 0 Å². The lowest BCUT2D eigenvalue weighted by Gasteiger charge is -2.21. The Morgan fingerprint density at radius 3 is 2.84 bits per heavy atom. The average Bonchev–Trinajstić information content (AvgIpc) is 2.48. The molecule has 1 aliphatic rings. The van der Waals surface area contributed by atoms with Gasteiger partial charge in [-0.2, -0.15) is 0 Å². The van der Waals surface area contributed by atoms with Gasteiger partial charge in [-0.15, -0.1) is 0 Å². The van der Waals surface area contributed by atoms with Gasteiger partial charge in [-0.1, -0.05) is 30.3 Å². The van der Waals surface area contributed by atoms with Gasteiger partial charge in [0, 0.05) is 24.2 Å². The second-order valence-electron chi connectivity index (χ2n) is 4.80. The fourth-order valence-corrected chi connectivity index (χ4v) is 2.38. The predicted molar refractivity (Wildman–Crippen MR) is 73.1 cm³/mol. The van der Waals surface area contributed by atoms with Gasteiger partial charge >= 0.3 is 0 Å². The number of ether oxygens (including phenoxy) is 1. The van der Waals surface area contributed by atoms with Crippen molar-refractivity contribution in [3.63, 3.8) is 0 Å². The molecule has 0 amide bonds. The van der Waals surface area contributed by atoms with Crippen molar-refractivity contribution >= 4 is 0 Å². The van der Waals surface area contributed by atoms with Crippen LogP contribution in [0.25, 0.3) is 11.3 Å². The average molecular weight is 256 g/mol. The Labute approximate surface area is 111 Å². The lowest BCUT2D eigenvalue weighted by atomic mass is 10.0. The highest BCUT2D eigenvalue weighted by molar-refractivity contribution is 5.58. The number of nitrogens with zero attached hydrogens (tertiary/aromatic N) is 1. The number of hydrogen-bond acceptors (Lipinski definition) is 3. The van der Waals surface area contributed by atoms with Crippen molar-refractivity contribution in [2.75, 3.05) is 13.2 Å². The van der Waals surface area contributed by atoms with Gasteiger partial charge in [-0.05, 0) is 12.8 Å². The molecule has 3 rings (SSSR count). The quantitative estimate of drug-likeness (QED) is 0.897. The number of benzene rings is 1. The Morgan fingerprint density at radius 2 is 2.11 bits per heavy atom. The summed E-state index contributed by atoms with van der Waals surface area (Å²) in [6.45, 7) is 1.44. The number of aromatic nitrogens is 2. The van der Waals surface area contributed by atoms with E-state index in [1.54, 1.807) is 6.07 Å². The number of nitrogens with one attached hydrogen (secondary N) is 1. The zero-order valence-electron chi connectivity index (χ0n) is 10.6. The van der Waals surface area contributed by atoms with Crippen LogP contribution in [0.3, 0.4) is 0 Å². The van der Waals surface area contributed by atoms with Crippen molar-refractivity contribution in [1.29, 1.82) is 0 Å². The van der Waals surface area contributed by atoms with E-state index in [0.29, 0.717) is 6.61 Å².